The number of allylic oxidation sites excluding steroid dienone is 1. The Hall–Kier alpha value is -3.59. The smallest absolute Gasteiger partial charge is 0.316 e. The minimum atomic E-state index is -0.859. The van der Waals surface area contributed by atoms with Gasteiger partial charge in [-0.15, -0.1) is 0 Å². The molecule has 2 fully saturated rings. The first-order chi connectivity index (χ1) is 17.4. The molecule has 8 nitrogen and oxygen atoms in total. The molecule has 2 saturated heterocycles. The van der Waals surface area contributed by atoms with Crippen LogP contribution in [0.5, 0.6) is 11.5 Å². The molecule has 0 unspecified atom stereocenters. The first kappa shape index (κ1) is 25.1. The summed E-state index contributed by atoms with van der Waals surface area (Å²) in [5, 5.41) is 10.9. The molecule has 3 aliphatic rings. The Morgan fingerprint density at radius 2 is 1.70 bits per heavy atom. The highest BCUT2D eigenvalue weighted by molar-refractivity contribution is 6.26. The summed E-state index contributed by atoms with van der Waals surface area (Å²) in [6, 6.07) is 6.52. The van der Waals surface area contributed by atoms with E-state index in [0.29, 0.717) is 33.8 Å². The molecule has 2 aromatic rings. The van der Waals surface area contributed by atoms with Gasteiger partial charge in [-0.1, -0.05) is 0 Å². The van der Waals surface area contributed by atoms with Crippen LogP contribution in [0.1, 0.15) is 50.3 Å². The molecule has 1 aliphatic carbocycles. The predicted octanol–water partition coefficient (Wildman–Crippen LogP) is 5.82. The van der Waals surface area contributed by atoms with Crippen LogP contribution in [0.4, 0.5) is 10.1 Å². The minimum absolute atomic E-state index is 0.0878. The molecule has 0 radical (unpaired) electrons. The van der Waals surface area contributed by atoms with Crippen LogP contribution in [0.15, 0.2) is 36.1 Å². The third kappa shape index (κ3) is 4.21. The van der Waals surface area contributed by atoms with Gasteiger partial charge in [-0.05, 0) is 82.3 Å². The van der Waals surface area contributed by atoms with Gasteiger partial charge in [0.2, 0.25) is 0 Å². The fraction of sp³-hybridized carbons (Fsp3) is 0.429. The number of carbonyl (C=O) groups is 2. The van der Waals surface area contributed by atoms with Crippen LogP contribution in [-0.4, -0.2) is 28.9 Å². The summed E-state index contributed by atoms with van der Waals surface area (Å²) < 4.78 is 32.1. The van der Waals surface area contributed by atoms with Crippen molar-refractivity contribution in [2.24, 2.45) is 17.3 Å². The summed E-state index contributed by atoms with van der Waals surface area (Å²) in [4.78, 5) is 36.9. The van der Waals surface area contributed by atoms with Crippen LogP contribution >= 0.6 is 0 Å². The maximum Gasteiger partial charge on any atom is 0.316 e. The van der Waals surface area contributed by atoms with Crippen LogP contribution in [-0.2, 0) is 19.1 Å². The number of hydrogen-bond acceptors (Lipinski definition) is 7. The van der Waals surface area contributed by atoms with E-state index in [-0.39, 0.29) is 41.3 Å². The highest BCUT2D eigenvalue weighted by Gasteiger charge is 2.60. The Balaban J connectivity index is 1.55. The lowest BCUT2D eigenvalue weighted by molar-refractivity contribution is -0.385. The van der Waals surface area contributed by atoms with Crippen molar-refractivity contribution in [2.75, 3.05) is 0 Å². The Morgan fingerprint density at radius 3 is 2.27 bits per heavy atom. The second-order valence-corrected chi connectivity index (χ2v) is 11.0. The number of hydrogen-bond donors (Lipinski definition) is 0. The van der Waals surface area contributed by atoms with E-state index < -0.39 is 22.1 Å². The maximum absolute atomic E-state index is 14.4. The van der Waals surface area contributed by atoms with Crippen LogP contribution in [0, 0.1) is 47.0 Å². The lowest BCUT2D eigenvalue weighted by Crippen LogP contribution is -2.31. The number of benzene rings is 2. The molecule has 0 spiro atoms. The average Bonchev–Trinajstić information content (AvgIpc) is 3.48. The Labute approximate surface area is 213 Å². The van der Waals surface area contributed by atoms with Gasteiger partial charge in [0.15, 0.2) is 17.3 Å². The first-order valence-electron chi connectivity index (χ1n) is 12.3. The molecule has 194 valence electrons. The van der Waals surface area contributed by atoms with E-state index in [1.165, 1.54) is 12.1 Å². The molecule has 2 heterocycles. The summed E-state index contributed by atoms with van der Waals surface area (Å²) in [6.45, 7) is 8.91. The third-order valence-electron chi connectivity index (χ3n) is 7.30. The zero-order chi connectivity index (χ0) is 26.8. The van der Waals surface area contributed by atoms with Gasteiger partial charge in [-0.25, -0.2) is 4.39 Å². The number of ketones is 1. The van der Waals surface area contributed by atoms with E-state index in [4.69, 9.17) is 14.2 Å². The first-order valence-corrected chi connectivity index (χ1v) is 12.3. The van der Waals surface area contributed by atoms with Gasteiger partial charge in [0, 0.05) is 6.07 Å². The number of rotatable bonds is 5. The molecular formula is C28H28FNO7. The van der Waals surface area contributed by atoms with Gasteiger partial charge in [-0.2, -0.15) is 0 Å². The number of fused-ring (bicyclic) bond motifs is 5. The van der Waals surface area contributed by atoms with E-state index >= 15 is 0 Å². The number of Topliss-reactive ketones (excluding diaryl/α,β-unsaturated/α-hetero) is 1. The van der Waals surface area contributed by atoms with E-state index in [1.807, 2.05) is 13.8 Å². The molecule has 2 aromatic carbocycles. The predicted molar refractivity (Wildman–Crippen MR) is 131 cm³/mol. The SMILES string of the molecule is Cc1cc(Oc2ccc([N+](=O)[O-])cc2F)cc(C)c1C1=C(OC(=O)C(C)(C)C)[C@H]2[C@@H](C1=O)[C@@H]1CC[C@@H]2O1. The van der Waals surface area contributed by atoms with Crippen LogP contribution < -0.4 is 4.74 Å². The van der Waals surface area contributed by atoms with E-state index in [1.54, 1.807) is 32.9 Å². The van der Waals surface area contributed by atoms with Crippen LogP contribution in [0.3, 0.4) is 0 Å². The number of non-ortho nitro benzene ring substituents is 1. The van der Waals surface area contributed by atoms with Gasteiger partial charge in [0.25, 0.3) is 5.69 Å². The number of nitro groups is 1. The van der Waals surface area contributed by atoms with Gasteiger partial charge in [0.1, 0.15) is 11.5 Å². The molecule has 0 N–H and O–H groups in total. The Bertz CT molecular complexity index is 1350. The van der Waals surface area contributed by atoms with Crippen molar-refractivity contribution >= 4 is 23.0 Å². The maximum atomic E-state index is 14.4. The van der Waals surface area contributed by atoms with Crippen molar-refractivity contribution in [3.63, 3.8) is 0 Å². The number of ether oxygens (including phenoxy) is 3. The van der Waals surface area contributed by atoms with Gasteiger partial charge >= 0.3 is 5.97 Å². The van der Waals surface area contributed by atoms with Crippen molar-refractivity contribution in [2.45, 2.75) is 59.7 Å². The lowest BCUT2D eigenvalue weighted by Gasteiger charge is -2.24. The van der Waals surface area contributed by atoms with Crippen LogP contribution in [0.2, 0.25) is 0 Å². The average molecular weight is 510 g/mol. The molecule has 0 amide bonds. The Morgan fingerprint density at radius 1 is 1.08 bits per heavy atom. The van der Waals surface area contributed by atoms with E-state index in [9.17, 15) is 24.1 Å². The van der Waals surface area contributed by atoms with Gasteiger partial charge in [0.05, 0.1) is 46.0 Å². The van der Waals surface area contributed by atoms with Crippen molar-refractivity contribution in [3.8, 4) is 11.5 Å². The van der Waals surface area contributed by atoms with Gasteiger partial charge in [-0.3, -0.25) is 19.7 Å². The topological polar surface area (TPSA) is 105 Å². The quantitative estimate of drug-likeness (QED) is 0.284. The number of esters is 1. The highest BCUT2D eigenvalue weighted by atomic mass is 19.1. The molecule has 5 rings (SSSR count). The summed E-state index contributed by atoms with van der Waals surface area (Å²) in [5.41, 5.74) is 1.31. The molecule has 9 heteroatoms. The van der Waals surface area contributed by atoms with Crippen molar-refractivity contribution < 1.29 is 33.1 Å². The zero-order valence-corrected chi connectivity index (χ0v) is 21.3. The molecule has 37 heavy (non-hydrogen) atoms. The van der Waals surface area contributed by atoms with Crippen molar-refractivity contribution in [1.82, 2.24) is 0 Å². The third-order valence-corrected chi connectivity index (χ3v) is 7.30. The summed E-state index contributed by atoms with van der Waals surface area (Å²) in [6.07, 6.45) is 1.27. The second-order valence-electron chi connectivity index (χ2n) is 11.0. The number of halogens is 1. The monoisotopic (exact) mass is 509 g/mol. The minimum Gasteiger partial charge on any atom is -0.454 e. The fourth-order valence-corrected chi connectivity index (χ4v) is 5.61. The van der Waals surface area contributed by atoms with E-state index in [0.717, 1.165) is 18.9 Å². The lowest BCUT2D eigenvalue weighted by atomic mass is 9.80. The van der Waals surface area contributed by atoms with Crippen LogP contribution in [0.25, 0.3) is 5.57 Å². The van der Waals surface area contributed by atoms with Gasteiger partial charge < -0.3 is 14.2 Å². The number of nitro benzene ring substituents is 1. The number of nitrogens with zero attached hydrogens (tertiary/aromatic N) is 1. The highest BCUT2D eigenvalue weighted by Crippen LogP contribution is 2.55. The second kappa shape index (κ2) is 8.76. The summed E-state index contributed by atoms with van der Waals surface area (Å²) >= 11 is 0. The molecule has 0 saturated carbocycles. The Kier molecular flexibility index (Phi) is 5.94. The molecule has 2 bridgehead atoms. The number of aryl methyl sites for hydroxylation is 2. The standard InChI is InChI=1S/C28H28FNO7/c1-13-10-16(35-18-7-6-15(30(33)34)12-17(18)29)11-14(2)21(13)24-25(31)22-19-8-9-20(36-19)23(22)26(24)37-27(32)28(3,4)5/h6-7,10-12,19-20,22-23H,8-9H2,1-5H3/t19-,20-,22-,23+/m0/s1. The summed E-state index contributed by atoms with van der Waals surface area (Å²) in [5.74, 6) is -1.50. The number of carbonyl (C=O) groups excluding carboxylic acids is 2. The molecular weight excluding hydrogens is 481 g/mol. The zero-order valence-electron chi connectivity index (χ0n) is 21.3. The summed E-state index contributed by atoms with van der Waals surface area (Å²) in [7, 11) is 0. The van der Waals surface area contributed by atoms with Crippen molar-refractivity contribution in [3.05, 3.63) is 68.7 Å². The van der Waals surface area contributed by atoms with E-state index in [2.05, 4.69) is 0 Å². The fourth-order valence-electron chi connectivity index (χ4n) is 5.61. The van der Waals surface area contributed by atoms with Crippen molar-refractivity contribution in [1.29, 1.82) is 0 Å². The molecule has 2 aliphatic heterocycles. The largest absolute Gasteiger partial charge is 0.454 e. The molecule has 0 aromatic heterocycles. The normalized spacial score (nSPS) is 24.4. The molecule has 4 atom stereocenters.